The molecule has 3 aromatic carbocycles. The maximum Gasteiger partial charge on any atom is 0.244 e. The van der Waals surface area contributed by atoms with Crippen molar-refractivity contribution in [2.45, 2.75) is 5.16 Å². The van der Waals surface area contributed by atoms with Crippen LogP contribution in [0, 0.1) is 0 Å². The van der Waals surface area contributed by atoms with Gasteiger partial charge in [0.15, 0.2) is 7.14 Å². The highest BCUT2D eigenvalue weighted by Crippen LogP contribution is 2.44. The van der Waals surface area contributed by atoms with Crippen LogP contribution in [0.2, 0.25) is 0 Å². The number of hydrogen-bond acceptors (Lipinski definition) is 5. The minimum Gasteiger partial charge on any atom is -0.313 e. The largest absolute Gasteiger partial charge is 0.313 e. The van der Waals surface area contributed by atoms with E-state index in [2.05, 4.69) is 15.5 Å². The maximum absolute atomic E-state index is 14.1. The van der Waals surface area contributed by atoms with E-state index in [0.717, 1.165) is 0 Å². The second-order valence-corrected chi connectivity index (χ2v) is 10.7. The third-order valence-corrected chi connectivity index (χ3v) is 9.61. The van der Waals surface area contributed by atoms with Crippen LogP contribution in [0.5, 0.6) is 0 Å². The molecule has 0 saturated heterocycles. The summed E-state index contributed by atoms with van der Waals surface area (Å²) in [5.41, 5.74) is 0.624. The molecule has 0 fully saturated rings. The standard InChI is InChI=1S/C20H17N4O2PS/c25-27(18-12-6-2-7-13-18,19-14-8-3-9-15-19)16-28(26)20-21-22-23-24(20)17-10-4-1-5-11-17/h1-15H,16H2. The quantitative estimate of drug-likeness (QED) is 0.459. The smallest absolute Gasteiger partial charge is 0.244 e. The molecule has 8 heteroatoms. The predicted octanol–water partition coefficient (Wildman–Crippen LogP) is 2.74. The zero-order valence-corrected chi connectivity index (χ0v) is 16.5. The van der Waals surface area contributed by atoms with Crippen LogP contribution < -0.4 is 10.6 Å². The van der Waals surface area contributed by atoms with E-state index < -0.39 is 17.9 Å². The average Bonchev–Trinajstić information content (AvgIpc) is 3.26. The molecule has 0 N–H and O–H groups in total. The summed E-state index contributed by atoms with van der Waals surface area (Å²) in [5.74, 6) is 0. The zero-order chi connectivity index (χ0) is 19.4. The van der Waals surface area contributed by atoms with E-state index in [4.69, 9.17) is 0 Å². The molecule has 1 aromatic heterocycles. The Kier molecular flexibility index (Phi) is 5.28. The van der Waals surface area contributed by atoms with Gasteiger partial charge in [0, 0.05) is 10.6 Å². The molecule has 0 aliphatic heterocycles. The molecule has 0 aliphatic rings. The molecule has 0 amide bonds. The Hall–Kier alpha value is -2.89. The molecule has 0 spiro atoms. The Morgan fingerprint density at radius 2 is 1.29 bits per heavy atom. The summed E-state index contributed by atoms with van der Waals surface area (Å²) in [7, 11) is -4.81. The lowest BCUT2D eigenvalue weighted by molar-refractivity contribution is 0.589. The van der Waals surface area contributed by atoms with Gasteiger partial charge in [-0.05, 0) is 22.6 Å². The van der Waals surface area contributed by atoms with Gasteiger partial charge in [-0.25, -0.2) is 0 Å². The van der Waals surface area contributed by atoms with Crippen LogP contribution in [-0.2, 0) is 15.4 Å². The van der Waals surface area contributed by atoms with Gasteiger partial charge >= 0.3 is 0 Å². The summed E-state index contributed by atoms with van der Waals surface area (Å²) in [6.07, 6.45) is 0. The molecule has 1 atom stereocenters. The summed E-state index contributed by atoms with van der Waals surface area (Å²) in [5, 5.41) is 13.1. The Labute approximate surface area is 165 Å². The van der Waals surface area contributed by atoms with Crippen molar-refractivity contribution in [1.29, 1.82) is 0 Å². The van der Waals surface area contributed by atoms with Crippen LogP contribution >= 0.6 is 7.14 Å². The Morgan fingerprint density at radius 1 is 0.786 bits per heavy atom. The van der Waals surface area contributed by atoms with E-state index >= 15 is 0 Å². The minimum atomic E-state index is -3.14. The van der Waals surface area contributed by atoms with Gasteiger partial charge in [-0.2, -0.15) is 4.68 Å². The third-order valence-electron chi connectivity index (χ3n) is 4.29. The van der Waals surface area contributed by atoms with Crippen molar-refractivity contribution in [3.63, 3.8) is 0 Å². The number of aromatic nitrogens is 4. The molecular formula is C20H17N4O2PS. The molecule has 1 heterocycles. The topological polar surface area (TPSA) is 77.7 Å². The normalized spacial score (nSPS) is 12.6. The second-order valence-electron chi connectivity index (χ2n) is 6.09. The highest BCUT2D eigenvalue weighted by atomic mass is 32.2. The van der Waals surface area contributed by atoms with Crippen molar-refractivity contribution in [2.24, 2.45) is 0 Å². The van der Waals surface area contributed by atoms with Crippen molar-refractivity contribution in [1.82, 2.24) is 20.2 Å². The van der Waals surface area contributed by atoms with Gasteiger partial charge in [-0.15, -0.1) is 0 Å². The number of nitrogens with zero attached hydrogens (tertiary/aromatic N) is 4. The van der Waals surface area contributed by atoms with E-state index in [1.165, 1.54) is 4.68 Å². The summed E-state index contributed by atoms with van der Waals surface area (Å²) in [6.45, 7) is 0. The van der Waals surface area contributed by atoms with E-state index in [1.54, 1.807) is 0 Å². The SMILES string of the molecule is O=S(CP(=O)(c1ccccc1)c1ccccc1)c1nnnn1-c1ccccc1. The fourth-order valence-electron chi connectivity index (χ4n) is 2.91. The number of rotatable bonds is 6. The van der Waals surface area contributed by atoms with Gasteiger partial charge in [0.25, 0.3) is 0 Å². The molecule has 0 radical (unpaired) electrons. The summed E-state index contributed by atoms with van der Waals surface area (Å²) < 4.78 is 28.8. The Morgan fingerprint density at radius 3 is 1.82 bits per heavy atom. The molecule has 0 saturated carbocycles. The molecule has 0 aliphatic carbocycles. The number of tetrazole rings is 1. The highest BCUT2D eigenvalue weighted by molar-refractivity contribution is 7.98. The fourth-order valence-corrected chi connectivity index (χ4v) is 7.95. The van der Waals surface area contributed by atoms with E-state index in [0.29, 0.717) is 16.3 Å². The van der Waals surface area contributed by atoms with E-state index in [1.807, 2.05) is 91.0 Å². The lowest BCUT2D eigenvalue weighted by Crippen LogP contribution is -2.21. The first-order valence-corrected chi connectivity index (χ1v) is 11.8. The van der Waals surface area contributed by atoms with Crippen molar-refractivity contribution in [2.75, 3.05) is 5.49 Å². The van der Waals surface area contributed by atoms with Gasteiger partial charge in [0.1, 0.15) is 10.8 Å². The summed E-state index contributed by atoms with van der Waals surface area (Å²) in [4.78, 5) is 0. The van der Waals surface area contributed by atoms with Crippen LogP contribution in [0.3, 0.4) is 0 Å². The van der Waals surface area contributed by atoms with Gasteiger partial charge in [-0.1, -0.05) is 84.0 Å². The van der Waals surface area contributed by atoms with Crippen molar-refractivity contribution in [3.8, 4) is 5.69 Å². The van der Waals surface area contributed by atoms with Gasteiger partial charge in [0.2, 0.25) is 5.16 Å². The second kappa shape index (κ2) is 8.00. The number of hydrogen-bond donors (Lipinski definition) is 0. The number of para-hydroxylation sites is 1. The van der Waals surface area contributed by atoms with Crippen LogP contribution in [0.4, 0.5) is 0 Å². The molecular weight excluding hydrogens is 391 g/mol. The van der Waals surface area contributed by atoms with E-state index in [-0.39, 0.29) is 10.7 Å². The van der Waals surface area contributed by atoms with Crippen molar-refractivity contribution >= 4 is 28.6 Å². The molecule has 6 nitrogen and oxygen atoms in total. The molecule has 1 unspecified atom stereocenters. The Balaban J connectivity index is 1.75. The third kappa shape index (κ3) is 3.59. The van der Waals surface area contributed by atoms with Crippen LogP contribution in [0.15, 0.2) is 96.2 Å². The predicted molar refractivity (Wildman–Crippen MR) is 110 cm³/mol. The van der Waals surface area contributed by atoms with Gasteiger partial charge in [0.05, 0.1) is 11.2 Å². The monoisotopic (exact) mass is 408 g/mol. The maximum atomic E-state index is 14.1. The summed E-state index contributed by atoms with van der Waals surface area (Å²) >= 11 is 0. The van der Waals surface area contributed by atoms with Gasteiger partial charge in [-0.3, -0.25) is 4.21 Å². The van der Waals surface area contributed by atoms with Crippen molar-refractivity contribution < 1.29 is 8.77 Å². The van der Waals surface area contributed by atoms with Crippen molar-refractivity contribution in [3.05, 3.63) is 91.0 Å². The molecule has 4 rings (SSSR count). The Bertz CT molecular complexity index is 1090. The van der Waals surface area contributed by atoms with Crippen LogP contribution in [0.25, 0.3) is 5.69 Å². The molecule has 0 bridgehead atoms. The van der Waals surface area contributed by atoms with Crippen LogP contribution in [-0.4, -0.2) is 29.9 Å². The zero-order valence-electron chi connectivity index (χ0n) is 14.8. The fraction of sp³-hybridized carbons (Fsp3) is 0.0500. The van der Waals surface area contributed by atoms with Gasteiger partial charge < -0.3 is 4.57 Å². The molecule has 4 aromatic rings. The lowest BCUT2D eigenvalue weighted by atomic mass is 10.3. The molecule has 140 valence electrons. The number of benzene rings is 3. The lowest BCUT2D eigenvalue weighted by Gasteiger charge is -2.18. The van der Waals surface area contributed by atoms with E-state index in [9.17, 15) is 8.77 Å². The average molecular weight is 408 g/mol. The minimum absolute atomic E-state index is 0.0752. The highest BCUT2D eigenvalue weighted by Gasteiger charge is 2.32. The molecule has 28 heavy (non-hydrogen) atoms. The first-order valence-electron chi connectivity index (χ1n) is 8.61. The first-order chi connectivity index (χ1) is 13.7. The van der Waals surface area contributed by atoms with Crippen LogP contribution in [0.1, 0.15) is 0 Å². The first kappa shape index (κ1) is 18.5. The summed E-state index contributed by atoms with van der Waals surface area (Å²) in [6, 6.07) is 27.5.